The second-order valence-corrected chi connectivity index (χ2v) is 5.33. The Hall–Kier alpha value is -1.04. The van der Waals surface area contributed by atoms with Crippen LogP contribution >= 0.6 is 35.0 Å². The molecule has 1 N–H and O–H groups in total. The average molecular weight is 302 g/mol. The molecule has 1 heterocycles. The lowest BCUT2D eigenvalue weighted by atomic mass is 10.1. The summed E-state index contributed by atoms with van der Waals surface area (Å²) in [5.74, 6) is 0.872. The third-order valence-electron chi connectivity index (χ3n) is 2.14. The minimum atomic E-state index is -0.0795. The molecule has 2 aromatic rings. The Morgan fingerprint density at radius 2 is 2.22 bits per heavy atom. The summed E-state index contributed by atoms with van der Waals surface area (Å²) in [6, 6.07) is 4.82. The zero-order valence-electron chi connectivity index (χ0n) is 9.41. The quantitative estimate of drug-likeness (QED) is 0.694. The Labute approximate surface area is 118 Å². The van der Waals surface area contributed by atoms with E-state index in [4.69, 9.17) is 23.2 Å². The van der Waals surface area contributed by atoms with Gasteiger partial charge in [-0.15, -0.1) is 5.10 Å². The molecular formula is C11H9Cl2N3OS. The topological polar surface area (TPSA) is 58.6 Å². The van der Waals surface area contributed by atoms with E-state index in [1.165, 1.54) is 11.8 Å². The summed E-state index contributed by atoms with van der Waals surface area (Å²) in [4.78, 5) is 16.0. The van der Waals surface area contributed by atoms with Gasteiger partial charge in [-0.25, -0.2) is 4.98 Å². The van der Waals surface area contributed by atoms with E-state index in [9.17, 15) is 4.79 Å². The second kappa shape index (κ2) is 5.73. The van der Waals surface area contributed by atoms with Crippen molar-refractivity contribution in [2.24, 2.45) is 0 Å². The molecule has 1 aromatic heterocycles. The van der Waals surface area contributed by atoms with Gasteiger partial charge in [-0.05, 0) is 25.1 Å². The number of aromatic nitrogens is 3. The smallest absolute Gasteiger partial charge is 0.208 e. The first kappa shape index (κ1) is 13.4. The van der Waals surface area contributed by atoms with Crippen molar-refractivity contribution in [3.63, 3.8) is 0 Å². The van der Waals surface area contributed by atoms with Crippen molar-refractivity contribution in [3.8, 4) is 0 Å². The third kappa shape index (κ3) is 3.25. The monoisotopic (exact) mass is 301 g/mol. The first-order valence-corrected chi connectivity index (χ1v) is 6.80. The predicted molar refractivity (Wildman–Crippen MR) is 72.6 cm³/mol. The van der Waals surface area contributed by atoms with E-state index in [2.05, 4.69) is 15.2 Å². The summed E-state index contributed by atoms with van der Waals surface area (Å²) in [5.41, 5.74) is 0.459. The minimum Gasteiger partial charge on any atom is -0.293 e. The van der Waals surface area contributed by atoms with Crippen LogP contribution in [-0.2, 0) is 0 Å². The number of H-pyrrole nitrogens is 1. The Morgan fingerprint density at radius 1 is 1.44 bits per heavy atom. The molecule has 0 atom stereocenters. The molecule has 0 aliphatic heterocycles. The SMILES string of the molecule is Cc1nc(SCC(=O)c2ccc(Cl)cc2Cl)n[nH]1. The molecule has 0 aliphatic carbocycles. The number of carbonyl (C=O) groups excluding carboxylic acids is 1. The van der Waals surface area contributed by atoms with Gasteiger partial charge in [-0.1, -0.05) is 35.0 Å². The van der Waals surface area contributed by atoms with Crippen molar-refractivity contribution in [2.45, 2.75) is 12.1 Å². The third-order valence-corrected chi connectivity index (χ3v) is 3.54. The summed E-state index contributed by atoms with van der Waals surface area (Å²) in [5, 5.41) is 8.07. The number of aromatic amines is 1. The second-order valence-electron chi connectivity index (χ2n) is 3.54. The Bertz CT molecular complexity index is 585. The number of thioether (sulfide) groups is 1. The van der Waals surface area contributed by atoms with Crippen LogP contribution in [0.25, 0.3) is 0 Å². The molecular weight excluding hydrogens is 293 g/mol. The fourth-order valence-corrected chi connectivity index (χ4v) is 2.55. The van der Waals surface area contributed by atoms with Crippen LogP contribution in [0.4, 0.5) is 0 Å². The van der Waals surface area contributed by atoms with Crippen LogP contribution < -0.4 is 0 Å². The largest absolute Gasteiger partial charge is 0.293 e. The highest BCUT2D eigenvalue weighted by Crippen LogP contribution is 2.23. The lowest BCUT2D eigenvalue weighted by Gasteiger charge is -2.02. The predicted octanol–water partition coefficient (Wildman–Crippen LogP) is 3.39. The van der Waals surface area contributed by atoms with Crippen LogP contribution in [0.3, 0.4) is 0 Å². The lowest BCUT2D eigenvalue weighted by Crippen LogP contribution is -2.03. The van der Waals surface area contributed by atoms with Crippen molar-refractivity contribution in [2.75, 3.05) is 5.75 Å². The Balaban J connectivity index is 2.03. The van der Waals surface area contributed by atoms with Gasteiger partial charge in [0.2, 0.25) is 5.16 Å². The van der Waals surface area contributed by atoms with E-state index in [1.54, 1.807) is 25.1 Å². The number of ketones is 1. The molecule has 0 saturated heterocycles. The van der Waals surface area contributed by atoms with E-state index in [1.807, 2.05) is 0 Å². The maximum Gasteiger partial charge on any atom is 0.208 e. The van der Waals surface area contributed by atoms with Crippen molar-refractivity contribution in [1.29, 1.82) is 0 Å². The summed E-state index contributed by atoms with van der Waals surface area (Å²) >= 11 is 13.0. The first-order chi connectivity index (χ1) is 8.56. The molecule has 2 rings (SSSR count). The standard InChI is InChI=1S/C11H9Cl2N3OS/c1-6-14-11(16-15-6)18-5-10(17)8-3-2-7(12)4-9(8)13/h2-4H,5H2,1H3,(H,14,15,16). The molecule has 0 radical (unpaired) electrons. The normalized spacial score (nSPS) is 10.6. The zero-order chi connectivity index (χ0) is 13.1. The number of aryl methyl sites for hydroxylation is 1. The summed E-state index contributed by atoms with van der Waals surface area (Å²) in [6.45, 7) is 1.80. The highest BCUT2D eigenvalue weighted by molar-refractivity contribution is 7.99. The molecule has 7 heteroatoms. The summed E-state index contributed by atoms with van der Waals surface area (Å²) in [7, 11) is 0. The van der Waals surface area contributed by atoms with Crippen LogP contribution in [0.15, 0.2) is 23.4 Å². The van der Waals surface area contributed by atoms with Crippen molar-refractivity contribution < 1.29 is 4.79 Å². The summed E-state index contributed by atoms with van der Waals surface area (Å²) < 4.78 is 0. The maximum atomic E-state index is 11.9. The van der Waals surface area contributed by atoms with Gasteiger partial charge in [0.1, 0.15) is 5.82 Å². The van der Waals surface area contributed by atoms with Gasteiger partial charge in [0, 0.05) is 10.6 Å². The van der Waals surface area contributed by atoms with Crippen LogP contribution in [0.1, 0.15) is 16.2 Å². The van der Waals surface area contributed by atoms with Crippen molar-refractivity contribution in [3.05, 3.63) is 39.6 Å². The van der Waals surface area contributed by atoms with Gasteiger partial charge in [-0.3, -0.25) is 9.89 Å². The minimum absolute atomic E-state index is 0.0795. The van der Waals surface area contributed by atoms with E-state index < -0.39 is 0 Å². The molecule has 18 heavy (non-hydrogen) atoms. The Morgan fingerprint density at radius 3 is 2.83 bits per heavy atom. The van der Waals surface area contributed by atoms with Crippen LogP contribution in [0, 0.1) is 6.92 Å². The number of nitrogens with one attached hydrogen (secondary N) is 1. The van der Waals surface area contributed by atoms with E-state index >= 15 is 0 Å². The zero-order valence-corrected chi connectivity index (χ0v) is 11.7. The molecule has 0 amide bonds. The number of Topliss-reactive ketones (excluding diaryl/α,β-unsaturated/α-hetero) is 1. The molecule has 0 bridgehead atoms. The van der Waals surface area contributed by atoms with E-state index in [-0.39, 0.29) is 11.5 Å². The number of hydrogen-bond donors (Lipinski definition) is 1. The van der Waals surface area contributed by atoms with E-state index in [0.29, 0.717) is 20.8 Å². The lowest BCUT2D eigenvalue weighted by molar-refractivity contribution is 0.102. The molecule has 0 aliphatic rings. The molecule has 1 aromatic carbocycles. The fraction of sp³-hybridized carbons (Fsp3) is 0.182. The fourth-order valence-electron chi connectivity index (χ4n) is 1.31. The number of nitrogens with zero attached hydrogens (tertiary/aromatic N) is 2. The maximum absolute atomic E-state index is 11.9. The number of benzene rings is 1. The van der Waals surface area contributed by atoms with Crippen LogP contribution in [-0.4, -0.2) is 26.7 Å². The van der Waals surface area contributed by atoms with Crippen molar-refractivity contribution in [1.82, 2.24) is 15.2 Å². The van der Waals surface area contributed by atoms with Gasteiger partial charge in [0.15, 0.2) is 5.78 Å². The van der Waals surface area contributed by atoms with E-state index in [0.717, 1.165) is 5.82 Å². The van der Waals surface area contributed by atoms with Crippen LogP contribution in [0.2, 0.25) is 10.0 Å². The molecule has 0 spiro atoms. The average Bonchev–Trinajstić information content (AvgIpc) is 2.72. The molecule has 94 valence electrons. The number of rotatable bonds is 4. The molecule has 0 fully saturated rings. The van der Waals surface area contributed by atoms with Gasteiger partial charge < -0.3 is 0 Å². The first-order valence-electron chi connectivity index (χ1n) is 5.06. The number of halogens is 2. The highest BCUT2D eigenvalue weighted by Gasteiger charge is 2.12. The molecule has 0 unspecified atom stereocenters. The number of carbonyl (C=O) groups is 1. The number of hydrogen-bond acceptors (Lipinski definition) is 4. The van der Waals surface area contributed by atoms with Crippen molar-refractivity contribution >= 4 is 40.7 Å². The van der Waals surface area contributed by atoms with Crippen LogP contribution in [0.5, 0.6) is 0 Å². The summed E-state index contributed by atoms with van der Waals surface area (Å²) in [6.07, 6.45) is 0. The molecule has 0 saturated carbocycles. The Kier molecular flexibility index (Phi) is 4.27. The highest BCUT2D eigenvalue weighted by atomic mass is 35.5. The van der Waals surface area contributed by atoms with Gasteiger partial charge in [-0.2, -0.15) is 0 Å². The molecule has 4 nitrogen and oxygen atoms in total. The van der Waals surface area contributed by atoms with Gasteiger partial charge in [0.25, 0.3) is 0 Å². The van der Waals surface area contributed by atoms with Gasteiger partial charge >= 0.3 is 0 Å². The van der Waals surface area contributed by atoms with Gasteiger partial charge in [0.05, 0.1) is 10.8 Å².